The first-order valence-corrected chi connectivity index (χ1v) is 6.99. The average molecular weight is 351 g/mol. The molecule has 0 radical (unpaired) electrons. The highest BCUT2D eigenvalue weighted by atomic mass is 79.9. The smallest absolute Gasteiger partial charge is 0.255 e. The predicted octanol–water partition coefficient (Wildman–Crippen LogP) is 3.42. The van der Waals surface area contributed by atoms with Crippen LogP contribution in [0.5, 0.6) is 11.5 Å². The van der Waals surface area contributed by atoms with E-state index in [0.29, 0.717) is 22.7 Å². The van der Waals surface area contributed by atoms with Gasteiger partial charge in [-0.15, -0.1) is 0 Å². The molecule has 0 atom stereocenters. The molecule has 6 heteroatoms. The normalized spacial score (nSPS) is 10.1. The van der Waals surface area contributed by atoms with E-state index in [1.54, 1.807) is 30.5 Å². The van der Waals surface area contributed by atoms with Crippen LogP contribution >= 0.6 is 15.9 Å². The zero-order valence-corrected chi connectivity index (χ0v) is 13.5. The third-order valence-electron chi connectivity index (χ3n) is 2.90. The van der Waals surface area contributed by atoms with Crippen molar-refractivity contribution < 1.29 is 14.3 Å². The molecule has 0 aliphatic carbocycles. The first-order valence-electron chi connectivity index (χ1n) is 6.20. The van der Waals surface area contributed by atoms with Crippen LogP contribution < -0.4 is 14.8 Å². The number of hydrogen-bond donors (Lipinski definition) is 1. The standard InChI is InChI=1S/C15H15BrN2O3/c1-9-14(16)6-11(8-17-9)18-15(19)10-4-12(20-2)7-13(5-10)21-3/h4-8H,1-3H3,(H,18,19). The lowest BCUT2D eigenvalue weighted by atomic mass is 10.2. The maximum atomic E-state index is 12.3. The Balaban J connectivity index is 2.25. The third-order valence-corrected chi connectivity index (χ3v) is 3.70. The number of anilines is 1. The molecular formula is C15H15BrN2O3. The molecule has 2 rings (SSSR count). The molecule has 1 heterocycles. The number of carbonyl (C=O) groups is 1. The summed E-state index contributed by atoms with van der Waals surface area (Å²) in [5.74, 6) is 0.857. The van der Waals surface area contributed by atoms with Crippen LogP contribution in [0.3, 0.4) is 0 Å². The highest BCUT2D eigenvalue weighted by molar-refractivity contribution is 9.10. The van der Waals surface area contributed by atoms with Crippen LogP contribution in [-0.4, -0.2) is 25.1 Å². The number of hydrogen-bond acceptors (Lipinski definition) is 4. The summed E-state index contributed by atoms with van der Waals surface area (Å²) in [7, 11) is 3.08. The number of carbonyl (C=O) groups excluding carboxylic acids is 1. The summed E-state index contributed by atoms with van der Waals surface area (Å²) in [6.07, 6.45) is 1.61. The molecule has 110 valence electrons. The molecule has 2 aromatic rings. The second-order valence-corrected chi connectivity index (χ2v) is 5.20. The van der Waals surface area contributed by atoms with E-state index in [0.717, 1.165) is 10.2 Å². The Morgan fingerprint density at radius 3 is 2.29 bits per heavy atom. The highest BCUT2D eigenvalue weighted by Crippen LogP contribution is 2.24. The molecule has 0 fully saturated rings. The summed E-state index contributed by atoms with van der Waals surface area (Å²) in [6, 6.07) is 6.81. The molecule has 0 saturated heterocycles. The molecule has 1 amide bonds. The lowest BCUT2D eigenvalue weighted by molar-refractivity contribution is 0.102. The van der Waals surface area contributed by atoms with Crippen LogP contribution in [0.4, 0.5) is 5.69 Å². The monoisotopic (exact) mass is 350 g/mol. The largest absolute Gasteiger partial charge is 0.497 e. The van der Waals surface area contributed by atoms with Crippen molar-refractivity contribution in [1.82, 2.24) is 4.98 Å². The van der Waals surface area contributed by atoms with Crippen LogP contribution in [-0.2, 0) is 0 Å². The van der Waals surface area contributed by atoms with Crippen LogP contribution in [0.25, 0.3) is 0 Å². The maximum Gasteiger partial charge on any atom is 0.255 e. The van der Waals surface area contributed by atoms with E-state index in [9.17, 15) is 4.79 Å². The van der Waals surface area contributed by atoms with Gasteiger partial charge in [-0.1, -0.05) is 0 Å². The molecule has 0 spiro atoms. The number of methoxy groups -OCH3 is 2. The Morgan fingerprint density at radius 2 is 1.76 bits per heavy atom. The number of nitrogens with one attached hydrogen (secondary N) is 1. The predicted molar refractivity (Wildman–Crippen MR) is 84.2 cm³/mol. The number of ether oxygens (including phenoxy) is 2. The van der Waals surface area contributed by atoms with Gasteiger partial charge in [0.05, 0.1) is 31.8 Å². The molecule has 1 aromatic carbocycles. The zero-order chi connectivity index (χ0) is 15.4. The Kier molecular flexibility index (Phi) is 4.80. The summed E-state index contributed by atoms with van der Waals surface area (Å²) < 4.78 is 11.1. The van der Waals surface area contributed by atoms with Gasteiger partial charge in [-0.25, -0.2) is 0 Å². The second kappa shape index (κ2) is 6.58. The summed E-state index contributed by atoms with van der Waals surface area (Å²) in [5, 5.41) is 2.79. The third kappa shape index (κ3) is 3.72. The maximum absolute atomic E-state index is 12.3. The Hall–Kier alpha value is -2.08. The Bertz CT molecular complexity index is 652. The van der Waals surface area contributed by atoms with Crippen molar-refractivity contribution in [2.45, 2.75) is 6.92 Å². The van der Waals surface area contributed by atoms with Gasteiger partial charge in [-0.05, 0) is 41.1 Å². The number of benzene rings is 1. The number of rotatable bonds is 4. The first kappa shape index (κ1) is 15.3. The van der Waals surface area contributed by atoms with E-state index in [2.05, 4.69) is 26.2 Å². The molecular weight excluding hydrogens is 336 g/mol. The average Bonchev–Trinajstić information content (AvgIpc) is 2.50. The van der Waals surface area contributed by atoms with Crippen molar-refractivity contribution in [1.29, 1.82) is 0 Å². The zero-order valence-electron chi connectivity index (χ0n) is 11.9. The van der Waals surface area contributed by atoms with E-state index >= 15 is 0 Å². The first-order chi connectivity index (χ1) is 10.0. The van der Waals surface area contributed by atoms with Crippen LogP contribution in [0.2, 0.25) is 0 Å². The topological polar surface area (TPSA) is 60.5 Å². The number of halogens is 1. The van der Waals surface area contributed by atoms with Gasteiger partial charge in [0.2, 0.25) is 0 Å². The van der Waals surface area contributed by atoms with Gasteiger partial charge in [-0.2, -0.15) is 0 Å². The van der Waals surface area contributed by atoms with Crippen molar-refractivity contribution in [3.05, 3.63) is 46.2 Å². The molecule has 0 aliphatic rings. The highest BCUT2D eigenvalue weighted by Gasteiger charge is 2.11. The van der Waals surface area contributed by atoms with Gasteiger partial charge in [0.15, 0.2) is 0 Å². The molecule has 1 aromatic heterocycles. The van der Waals surface area contributed by atoms with Crippen molar-refractivity contribution in [3.63, 3.8) is 0 Å². The number of nitrogens with zero attached hydrogens (tertiary/aromatic N) is 1. The van der Waals surface area contributed by atoms with E-state index in [1.165, 1.54) is 14.2 Å². The number of pyridine rings is 1. The fourth-order valence-corrected chi connectivity index (χ4v) is 2.07. The van der Waals surface area contributed by atoms with Crippen LogP contribution in [0, 0.1) is 6.92 Å². The molecule has 0 bridgehead atoms. The fraction of sp³-hybridized carbons (Fsp3) is 0.200. The van der Waals surface area contributed by atoms with E-state index < -0.39 is 0 Å². The van der Waals surface area contributed by atoms with Gasteiger partial charge >= 0.3 is 0 Å². The molecule has 5 nitrogen and oxygen atoms in total. The molecule has 0 saturated carbocycles. The van der Waals surface area contributed by atoms with Gasteiger partial charge in [0.25, 0.3) is 5.91 Å². The fourth-order valence-electron chi connectivity index (χ4n) is 1.72. The minimum Gasteiger partial charge on any atom is -0.497 e. The van der Waals surface area contributed by atoms with Gasteiger partial charge in [0, 0.05) is 16.1 Å². The van der Waals surface area contributed by atoms with Gasteiger partial charge in [-0.3, -0.25) is 9.78 Å². The molecule has 21 heavy (non-hydrogen) atoms. The van der Waals surface area contributed by atoms with E-state index in [1.807, 2.05) is 6.92 Å². The van der Waals surface area contributed by atoms with Gasteiger partial charge < -0.3 is 14.8 Å². The van der Waals surface area contributed by atoms with Crippen LogP contribution in [0.15, 0.2) is 34.9 Å². The van der Waals surface area contributed by atoms with Crippen molar-refractivity contribution in [3.8, 4) is 11.5 Å². The lowest BCUT2D eigenvalue weighted by Crippen LogP contribution is -2.12. The summed E-state index contributed by atoms with van der Waals surface area (Å²) in [6.45, 7) is 1.88. The van der Waals surface area contributed by atoms with Crippen LogP contribution in [0.1, 0.15) is 16.1 Å². The quantitative estimate of drug-likeness (QED) is 0.917. The SMILES string of the molecule is COc1cc(OC)cc(C(=O)Nc2cnc(C)c(Br)c2)c1. The van der Waals surface area contributed by atoms with Crippen molar-refractivity contribution >= 4 is 27.5 Å². The molecule has 0 unspecified atom stereocenters. The second-order valence-electron chi connectivity index (χ2n) is 4.35. The van der Waals surface area contributed by atoms with E-state index in [-0.39, 0.29) is 5.91 Å². The summed E-state index contributed by atoms with van der Waals surface area (Å²) >= 11 is 3.38. The van der Waals surface area contributed by atoms with Crippen molar-refractivity contribution in [2.24, 2.45) is 0 Å². The number of aromatic nitrogens is 1. The number of aryl methyl sites for hydroxylation is 1. The van der Waals surface area contributed by atoms with E-state index in [4.69, 9.17) is 9.47 Å². The number of amides is 1. The van der Waals surface area contributed by atoms with Gasteiger partial charge in [0.1, 0.15) is 11.5 Å². The minimum absolute atomic E-state index is 0.259. The Morgan fingerprint density at radius 1 is 1.14 bits per heavy atom. The molecule has 0 aliphatic heterocycles. The van der Waals surface area contributed by atoms with Crippen molar-refractivity contribution in [2.75, 3.05) is 19.5 Å². The molecule has 1 N–H and O–H groups in total. The Labute approximate surface area is 131 Å². The minimum atomic E-state index is -0.259. The summed E-state index contributed by atoms with van der Waals surface area (Å²) in [4.78, 5) is 16.5. The lowest BCUT2D eigenvalue weighted by Gasteiger charge is -2.09. The summed E-state index contributed by atoms with van der Waals surface area (Å²) in [5.41, 5.74) is 1.92.